The van der Waals surface area contributed by atoms with Crippen molar-refractivity contribution in [2.24, 2.45) is 11.3 Å². The molecule has 2 aromatic rings. The number of amides is 1. The summed E-state index contributed by atoms with van der Waals surface area (Å²) < 4.78 is 0. The topological polar surface area (TPSA) is 82.5 Å². The number of aliphatic carboxylic acids is 1. The smallest absolute Gasteiger partial charge is 0.314 e. The number of thiazole rings is 1. The monoisotopic (exact) mass is 329 g/mol. The van der Waals surface area contributed by atoms with Crippen molar-refractivity contribution in [1.82, 2.24) is 10.3 Å². The fraction of sp³-hybridized carbons (Fsp3) is 0.312. The molecule has 7 heteroatoms. The molecule has 1 aromatic carbocycles. The second-order valence-electron chi connectivity index (χ2n) is 5.99. The highest BCUT2D eigenvalue weighted by atomic mass is 32.1. The molecule has 118 valence electrons. The van der Waals surface area contributed by atoms with E-state index >= 15 is 0 Å². The van der Waals surface area contributed by atoms with Gasteiger partial charge in [-0.3, -0.25) is 9.59 Å². The Hall–Kier alpha value is -2.41. The van der Waals surface area contributed by atoms with E-state index < -0.39 is 17.3 Å². The number of carboxylic acids is 1. The first-order valence-corrected chi connectivity index (χ1v) is 8.25. The van der Waals surface area contributed by atoms with Gasteiger partial charge in [-0.15, -0.1) is 11.3 Å². The number of hydrogen-bond donors (Lipinski definition) is 2. The van der Waals surface area contributed by atoms with Crippen molar-refractivity contribution in [3.8, 4) is 11.3 Å². The number of rotatable bonds is 3. The van der Waals surface area contributed by atoms with Crippen LogP contribution >= 0.6 is 11.3 Å². The van der Waals surface area contributed by atoms with Gasteiger partial charge in [0.15, 0.2) is 5.13 Å². The molecule has 0 saturated carbocycles. The van der Waals surface area contributed by atoms with Gasteiger partial charge in [-0.1, -0.05) is 30.3 Å². The summed E-state index contributed by atoms with van der Waals surface area (Å²) in [7, 11) is 0. The predicted molar refractivity (Wildman–Crippen MR) is 86.3 cm³/mol. The molecule has 2 atom stereocenters. The van der Waals surface area contributed by atoms with Crippen LogP contribution in [0.4, 0.5) is 5.13 Å². The van der Waals surface area contributed by atoms with Crippen LogP contribution in [0.2, 0.25) is 0 Å². The van der Waals surface area contributed by atoms with Gasteiger partial charge in [0.1, 0.15) is 5.41 Å². The number of nitrogens with one attached hydrogen (secondary N) is 1. The fourth-order valence-electron chi connectivity index (χ4n) is 3.38. The molecule has 1 aromatic heterocycles. The van der Waals surface area contributed by atoms with Crippen LogP contribution in [0.1, 0.15) is 0 Å². The van der Waals surface area contributed by atoms with Crippen molar-refractivity contribution in [3.05, 3.63) is 35.7 Å². The molecule has 2 aliphatic rings. The molecular weight excluding hydrogens is 314 g/mol. The third-order valence-corrected chi connectivity index (χ3v) is 5.60. The SMILES string of the molecule is O=C1NC[C@@]2(C(=O)O)CN(c3nc(-c4ccccc4)cs3)C[C@@H]12. The van der Waals surface area contributed by atoms with Gasteiger partial charge in [-0.05, 0) is 0 Å². The summed E-state index contributed by atoms with van der Waals surface area (Å²) in [5, 5.41) is 15.0. The number of aromatic nitrogens is 1. The van der Waals surface area contributed by atoms with E-state index in [0.717, 1.165) is 16.4 Å². The Kier molecular flexibility index (Phi) is 3.12. The van der Waals surface area contributed by atoms with Crippen LogP contribution < -0.4 is 10.2 Å². The van der Waals surface area contributed by atoms with E-state index in [2.05, 4.69) is 10.3 Å². The van der Waals surface area contributed by atoms with Crippen molar-refractivity contribution in [3.63, 3.8) is 0 Å². The molecular formula is C16H15N3O3S. The number of benzene rings is 1. The number of fused-ring (bicyclic) bond motifs is 1. The number of nitrogens with zero attached hydrogens (tertiary/aromatic N) is 2. The average Bonchev–Trinajstić information content (AvgIpc) is 3.24. The van der Waals surface area contributed by atoms with Gasteiger partial charge >= 0.3 is 5.97 Å². The van der Waals surface area contributed by atoms with Gasteiger partial charge in [-0.25, -0.2) is 4.98 Å². The average molecular weight is 329 g/mol. The predicted octanol–water partition coefficient (Wildman–Crippen LogP) is 1.45. The molecule has 0 unspecified atom stereocenters. The number of carbonyl (C=O) groups excluding carboxylic acids is 1. The van der Waals surface area contributed by atoms with Crippen molar-refractivity contribution >= 4 is 28.3 Å². The molecule has 3 heterocycles. The maximum absolute atomic E-state index is 12.0. The Labute approximate surface area is 136 Å². The van der Waals surface area contributed by atoms with Gasteiger partial charge < -0.3 is 15.3 Å². The Bertz CT molecular complexity index is 776. The summed E-state index contributed by atoms with van der Waals surface area (Å²) in [5.41, 5.74) is 0.868. The van der Waals surface area contributed by atoms with E-state index in [1.54, 1.807) is 0 Å². The molecule has 2 N–H and O–H groups in total. The standard InChI is InChI=1S/C16H15N3O3S/c20-13-11-6-19(9-16(11,8-17-13)14(21)22)15-18-12(7-23-15)10-4-2-1-3-5-10/h1-5,7,11H,6,8-9H2,(H,17,20)(H,21,22)/t11-,16+/m0/s1. The highest BCUT2D eigenvalue weighted by Gasteiger charge is 2.59. The number of hydrogen-bond acceptors (Lipinski definition) is 5. The normalized spacial score (nSPS) is 26.2. The molecule has 0 radical (unpaired) electrons. The van der Waals surface area contributed by atoms with E-state index in [4.69, 9.17) is 0 Å². The van der Waals surface area contributed by atoms with E-state index in [1.165, 1.54) is 11.3 Å². The number of anilines is 1. The maximum atomic E-state index is 12.0. The van der Waals surface area contributed by atoms with E-state index in [1.807, 2.05) is 40.6 Å². The first kappa shape index (κ1) is 14.2. The second-order valence-corrected chi connectivity index (χ2v) is 6.83. The van der Waals surface area contributed by atoms with E-state index in [9.17, 15) is 14.7 Å². The third-order valence-electron chi connectivity index (χ3n) is 4.70. The van der Waals surface area contributed by atoms with Crippen molar-refractivity contribution in [1.29, 1.82) is 0 Å². The summed E-state index contributed by atoms with van der Waals surface area (Å²) in [6, 6.07) is 9.85. The summed E-state index contributed by atoms with van der Waals surface area (Å²) in [6.45, 7) is 0.909. The molecule has 6 nitrogen and oxygen atoms in total. The highest BCUT2D eigenvalue weighted by Crippen LogP contribution is 2.42. The minimum atomic E-state index is -1.03. The first-order chi connectivity index (χ1) is 11.1. The number of carboxylic acid groups (broad SMARTS) is 1. The van der Waals surface area contributed by atoms with Gasteiger partial charge in [0, 0.05) is 30.6 Å². The van der Waals surface area contributed by atoms with E-state index in [-0.39, 0.29) is 12.5 Å². The lowest BCUT2D eigenvalue weighted by molar-refractivity contribution is -0.149. The molecule has 1 amide bonds. The van der Waals surface area contributed by atoms with Crippen LogP contribution in [0.15, 0.2) is 35.7 Å². The first-order valence-electron chi connectivity index (χ1n) is 7.37. The molecule has 2 fully saturated rings. The second kappa shape index (κ2) is 5.06. The molecule has 2 saturated heterocycles. The van der Waals surface area contributed by atoms with Crippen LogP contribution in [0.5, 0.6) is 0 Å². The Morgan fingerprint density at radius 3 is 2.87 bits per heavy atom. The summed E-state index contributed by atoms with van der Waals surface area (Å²) in [4.78, 5) is 30.2. The van der Waals surface area contributed by atoms with Crippen LogP contribution in [-0.2, 0) is 9.59 Å². The zero-order valence-electron chi connectivity index (χ0n) is 12.2. The summed E-state index contributed by atoms with van der Waals surface area (Å²) >= 11 is 1.48. The van der Waals surface area contributed by atoms with E-state index in [0.29, 0.717) is 13.1 Å². The molecule has 0 spiro atoms. The lowest BCUT2D eigenvalue weighted by Gasteiger charge is -2.21. The Balaban J connectivity index is 1.62. The molecule has 2 aliphatic heterocycles. The summed E-state index contributed by atoms with van der Waals surface area (Å²) in [5.74, 6) is -1.60. The zero-order chi connectivity index (χ0) is 16.0. The lowest BCUT2D eigenvalue weighted by Crippen LogP contribution is -2.40. The molecule has 0 aliphatic carbocycles. The van der Waals surface area contributed by atoms with Crippen LogP contribution in [0, 0.1) is 11.3 Å². The molecule has 23 heavy (non-hydrogen) atoms. The van der Waals surface area contributed by atoms with Crippen molar-refractivity contribution in [2.75, 3.05) is 24.5 Å². The third kappa shape index (κ3) is 2.11. The largest absolute Gasteiger partial charge is 0.481 e. The minimum absolute atomic E-state index is 0.172. The fourth-order valence-corrected chi connectivity index (χ4v) is 4.23. The van der Waals surface area contributed by atoms with Crippen LogP contribution in [0.25, 0.3) is 11.3 Å². The Morgan fingerprint density at radius 1 is 1.39 bits per heavy atom. The van der Waals surface area contributed by atoms with Gasteiger partial charge in [0.05, 0.1) is 11.6 Å². The van der Waals surface area contributed by atoms with Crippen LogP contribution in [-0.4, -0.2) is 41.6 Å². The minimum Gasteiger partial charge on any atom is -0.481 e. The zero-order valence-corrected chi connectivity index (χ0v) is 13.0. The van der Waals surface area contributed by atoms with Crippen LogP contribution in [0.3, 0.4) is 0 Å². The Morgan fingerprint density at radius 2 is 2.17 bits per heavy atom. The maximum Gasteiger partial charge on any atom is 0.314 e. The van der Waals surface area contributed by atoms with Crippen molar-refractivity contribution in [2.45, 2.75) is 0 Å². The summed E-state index contributed by atoms with van der Waals surface area (Å²) in [6.07, 6.45) is 0. The highest BCUT2D eigenvalue weighted by molar-refractivity contribution is 7.14. The van der Waals surface area contributed by atoms with Gasteiger partial charge in [0.25, 0.3) is 0 Å². The van der Waals surface area contributed by atoms with Gasteiger partial charge in [-0.2, -0.15) is 0 Å². The molecule has 0 bridgehead atoms. The molecule has 4 rings (SSSR count). The van der Waals surface area contributed by atoms with Crippen molar-refractivity contribution < 1.29 is 14.7 Å². The van der Waals surface area contributed by atoms with Gasteiger partial charge in [0.2, 0.25) is 5.91 Å². The number of carbonyl (C=O) groups is 2. The quantitative estimate of drug-likeness (QED) is 0.890. The lowest BCUT2D eigenvalue weighted by atomic mass is 9.81.